The van der Waals surface area contributed by atoms with Crippen LogP contribution < -0.4 is 14.8 Å². The summed E-state index contributed by atoms with van der Waals surface area (Å²) in [5, 5.41) is 26.8. The minimum Gasteiger partial charge on any atom is -0.508 e. The van der Waals surface area contributed by atoms with Gasteiger partial charge in [-0.3, -0.25) is 4.79 Å². The first-order valence-corrected chi connectivity index (χ1v) is 10.4. The number of phenols is 1. The van der Waals surface area contributed by atoms with Crippen LogP contribution in [0.25, 0.3) is 0 Å². The minimum atomic E-state index is -1.29. The highest BCUT2D eigenvalue weighted by molar-refractivity contribution is 6.02. The topological polar surface area (TPSA) is 121 Å². The summed E-state index contributed by atoms with van der Waals surface area (Å²) in [5.41, 5.74) is 2.24. The molecule has 0 aliphatic carbocycles. The fraction of sp³-hybridized carbons (Fsp3) is 0.348. The molecular formula is C23H27N3O6. The number of hydrogen-bond donors (Lipinski definition) is 3. The summed E-state index contributed by atoms with van der Waals surface area (Å²) in [6.45, 7) is 2.76. The van der Waals surface area contributed by atoms with E-state index in [4.69, 9.17) is 9.47 Å². The Balaban J connectivity index is 1.84. The molecule has 2 amide bonds. The van der Waals surface area contributed by atoms with Crippen LogP contribution in [0.3, 0.4) is 0 Å². The van der Waals surface area contributed by atoms with E-state index >= 15 is 0 Å². The average molecular weight is 441 g/mol. The molecule has 2 aromatic carbocycles. The van der Waals surface area contributed by atoms with E-state index in [0.717, 1.165) is 5.56 Å². The zero-order valence-electron chi connectivity index (χ0n) is 18.1. The molecule has 32 heavy (non-hydrogen) atoms. The van der Waals surface area contributed by atoms with Crippen molar-refractivity contribution >= 4 is 17.7 Å². The smallest absolute Gasteiger partial charge is 0.405 e. The van der Waals surface area contributed by atoms with Crippen molar-refractivity contribution < 1.29 is 29.3 Å². The molecule has 3 rings (SSSR count). The number of ether oxygens (including phenoxy) is 2. The number of aromatic hydroxyl groups is 1. The molecule has 0 aromatic heterocycles. The number of benzene rings is 2. The minimum absolute atomic E-state index is 0.0963. The molecule has 9 heteroatoms. The summed E-state index contributed by atoms with van der Waals surface area (Å²) in [6, 6.07) is 10.8. The third kappa shape index (κ3) is 5.69. The predicted octanol–water partition coefficient (Wildman–Crippen LogP) is 3.00. The molecule has 0 saturated heterocycles. The number of phenolic OH excluding ortho intramolecular Hbond substituents is 1. The van der Waals surface area contributed by atoms with Gasteiger partial charge in [0.05, 0.1) is 19.4 Å². The Bertz CT molecular complexity index is 990. The lowest BCUT2D eigenvalue weighted by Gasteiger charge is -2.27. The van der Waals surface area contributed by atoms with Crippen LogP contribution in [0, 0.1) is 0 Å². The summed E-state index contributed by atoms with van der Waals surface area (Å²) in [6.07, 6.45) is 0.222. The number of hydrazone groups is 1. The summed E-state index contributed by atoms with van der Waals surface area (Å²) in [7, 11) is 1.57. The first-order chi connectivity index (χ1) is 15.4. The Labute approximate surface area is 186 Å². The molecule has 0 spiro atoms. The standard InChI is InChI=1S/C23H27N3O6/c1-3-32-21-14-16(8-11-20(21)31-2)18-5-4-12-26(25-18)22(28)19(24-23(29)30)13-15-6-9-17(27)10-7-15/h6-11,14,19,24,27H,3-5,12-13H2,1-2H3,(H,29,30). The maximum Gasteiger partial charge on any atom is 0.405 e. The number of carbonyl (C=O) groups excluding carboxylic acids is 1. The second-order valence-corrected chi connectivity index (χ2v) is 7.28. The van der Waals surface area contributed by atoms with Crippen molar-refractivity contribution in [3.63, 3.8) is 0 Å². The molecule has 3 N–H and O–H groups in total. The summed E-state index contributed by atoms with van der Waals surface area (Å²) >= 11 is 0. The molecule has 0 radical (unpaired) electrons. The van der Waals surface area contributed by atoms with Gasteiger partial charge in [0.15, 0.2) is 11.5 Å². The maximum absolute atomic E-state index is 13.2. The predicted molar refractivity (Wildman–Crippen MR) is 118 cm³/mol. The number of methoxy groups -OCH3 is 1. The number of carbonyl (C=O) groups is 2. The first-order valence-electron chi connectivity index (χ1n) is 10.4. The fourth-order valence-electron chi connectivity index (χ4n) is 3.52. The van der Waals surface area contributed by atoms with Gasteiger partial charge in [-0.15, -0.1) is 0 Å². The highest BCUT2D eigenvalue weighted by Gasteiger charge is 2.28. The summed E-state index contributed by atoms with van der Waals surface area (Å²) < 4.78 is 11.0. The molecule has 1 atom stereocenters. The van der Waals surface area contributed by atoms with E-state index in [2.05, 4.69) is 10.4 Å². The third-order valence-electron chi connectivity index (χ3n) is 5.05. The number of carboxylic acid groups (broad SMARTS) is 1. The largest absolute Gasteiger partial charge is 0.508 e. The first kappa shape index (κ1) is 22.9. The van der Waals surface area contributed by atoms with E-state index in [1.165, 1.54) is 17.1 Å². The van der Waals surface area contributed by atoms with Crippen LogP contribution in [0.15, 0.2) is 47.6 Å². The number of nitrogens with zero attached hydrogens (tertiary/aromatic N) is 2. The summed E-state index contributed by atoms with van der Waals surface area (Å²) in [5.74, 6) is 0.867. The monoisotopic (exact) mass is 441 g/mol. The highest BCUT2D eigenvalue weighted by Crippen LogP contribution is 2.29. The van der Waals surface area contributed by atoms with Gasteiger partial charge in [0.2, 0.25) is 0 Å². The molecule has 2 aromatic rings. The van der Waals surface area contributed by atoms with Crippen LogP contribution in [-0.4, -0.2) is 59.2 Å². The maximum atomic E-state index is 13.2. The molecule has 1 aliphatic heterocycles. The lowest BCUT2D eigenvalue weighted by atomic mass is 10.0. The van der Waals surface area contributed by atoms with Crippen LogP contribution in [-0.2, 0) is 11.2 Å². The molecule has 1 heterocycles. The SMILES string of the molecule is CCOc1cc(C2=NN(C(=O)C(Cc3ccc(O)cc3)NC(=O)O)CCC2)ccc1OC. The quantitative estimate of drug-likeness (QED) is 0.579. The zero-order valence-corrected chi connectivity index (χ0v) is 18.1. The van der Waals surface area contributed by atoms with Gasteiger partial charge in [0.1, 0.15) is 11.8 Å². The molecular weight excluding hydrogens is 414 g/mol. The molecule has 1 unspecified atom stereocenters. The van der Waals surface area contributed by atoms with Crippen molar-refractivity contribution in [2.75, 3.05) is 20.3 Å². The van der Waals surface area contributed by atoms with Crippen LogP contribution in [0.5, 0.6) is 17.2 Å². The Kier molecular flexibility index (Phi) is 7.54. The molecule has 1 aliphatic rings. The van der Waals surface area contributed by atoms with Gasteiger partial charge < -0.3 is 25.0 Å². The van der Waals surface area contributed by atoms with Crippen molar-refractivity contribution in [1.82, 2.24) is 10.3 Å². The van der Waals surface area contributed by atoms with Crippen molar-refractivity contribution in [2.45, 2.75) is 32.2 Å². The van der Waals surface area contributed by atoms with E-state index in [0.29, 0.717) is 48.8 Å². The van der Waals surface area contributed by atoms with Crippen LogP contribution >= 0.6 is 0 Å². The number of amides is 2. The van der Waals surface area contributed by atoms with Crippen LogP contribution in [0.2, 0.25) is 0 Å². The van der Waals surface area contributed by atoms with Crippen LogP contribution in [0.1, 0.15) is 30.9 Å². The van der Waals surface area contributed by atoms with E-state index in [1.807, 2.05) is 19.1 Å². The number of rotatable bonds is 8. The lowest BCUT2D eigenvalue weighted by molar-refractivity contribution is -0.133. The Morgan fingerprint density at radius 2 is 1.94 bits per heavy atom. The van der Waals surface area contributed by atoms with Crippen molar-refractivity contribution in [1.29, 1.82) is 0 Å². The third-order valence-corrected chi connectivity index (χ3v) is 5.05. The van der Waals surface area contributed by atoms with Crippen molar-refractivity contribution in [3.8, 4) is 17.2 Å². The number of hydrogen-bond acceptors (Lipinski definition) is 6. The van der Waals surface area contributed by atoms with Crippen molar-refractivity contribution in [3.05, 3.63) is 53.6 Å². The Hall–Kier alpha value is -3.75. The summed E-state index contributed by atoms with van der Waals surface area (Å²) in [4.78, 5) is 24.5. The number of nitrogens with one attached hydrogen (secondary N) is 1. The molecule has 0 fully saturated rings. The van der Waals surface area contributed by atoms with Gasteiger partial charge in [0, 0.05) is 18.5 Å². The fourth-order valence-corrected chi connectivity index (χ4v) is 3.52. The van der Waals surface area contributed by atoms with Gasteiger partial charge in [0.25, 0.3) is 5.91 Å². The highest BCUT2D eigenvalue weighted by atomic mass is 16.5. The van der Waals surface area contributed by atoms with Gasteiger partial charge in [-0.2, -0.15) is 5.10 Å². The lowest BCUT2D eigenvalue weighted by Crippen LogP contribution is -2.49. The average Bonchev–Trinajstić information content (AvgIpc) is 2.79. The molecule has 0 saturated carbocycles. The zero-order chi connectivity index (χ0) is 23.1. The molecule has 170 valence electrons. The Morgan fingerprint density at radius 1 is 1.19 bits per heavy atom. The second kappa shape index (κ2) is 10.5. The van der Waals surface area contributed by atoms with Crippen LogP contribution in [0.4, 0.5) is 4.79 Å². The van der Waals surface area contributed by atoms with Gasteiger partial charge in [-0.25, -0.2) is 9.80 Å². The molecule has 9 nitrogen and oxygen atoms in total. The normalized spacial score (nSPS) is 14.3. The van der Waals surface area contributed by atoms with E-state index in [9.17, 15) is 19.8 Å². The van der Waals surface area contributed by atoms with E-state index in [1.54, 1.807) is 25.3 Å². The van der Waals surface area contributed by atoms with Crippen molar-refractivity contribution in [2.24, 2.45) is 5.10 Å². The second-order valence-electron chi connectivity index (χ2n) is 7.28. The Morgan fingerprint density at radius 3 is 2.59 bits per heavy atom. The van der Waals surface area contributed by atoms with E-state index < -0.39 is 18.0 Å². The molecule has 0 bridgehead atoms. The van der Waals surface area contributed by atoms with E-state index in [-0.39, 0.29) is 12.2 Å². The van der Waals surface area contributed by atoms with Gasteiger partial charge >= 0.3 is 6.09 Å². The van der Waals surface area contributed by atoms with Gasteiger partial charge in [-0.1, -0.05) is 12.1 Å². The van der Waals surface area contributed by atoms with Gasteiger partial charge in [-0.05, 0) is 55.7 Å².